The number of nitrogens with zero attached hydrogens (tertiary/aromatic N) is 1. The van der Waals surface area contributed by atoms with E-state index < -0.39 is 0 Å². The Morgan fingerprint density at radius 1 is 1.21 bits per heavy atom. The molecule has 0 spiro atoms. The number of halogens is 2. The van der Waals surface area contributed by atoms with Gasteiger partial charge in [0.1, 0.15) is 0 Å². The van der Waals surface area contributed by atoms with Gasteiger partial charge in [-0.2, -0.15) is 0 Å². The maximum atomic E-state index is 12.1. The highest BCUT2D eigenvalue weighted by atomic mass is 79.9. The van der Waals surface area contributed by atoms with Gasteiger partial charge in [0.15, 0.2) is 0 Å². The van der Waals surface area contributed by atoms with E-state index >= 15 is 0 Å². The SMILES string of the molecule is CCc1cc(Br)ccc1NC(=O)c1cncc(Br)c1. The summed E-state index contributed by atoms with van der Waals surface area (Å²) in [5.41, 5.74) is 2.45. The molecule has 1 aromatic heterocycles. The van der Waals surface area contributed by atoms with Gasteiger partial charge in [-0.05, 0) is 52.2 Å². The molecule has 1 heterocycles. The summed E-state index contributed by atoms with van der Waals surface area (Å²) in [5.74, 6) is -0.161. The predicted molar refractivity (Wildman–Crippen MR) is 83.4 cm³/mol. The minimum atomic E-state index is -0.161. The number of aryl methyl sites for hydroxylation is 1. The number of anilines is 1. The molecule has 0 aliphatic carbocycles. The Balaban J connectivity index is 2.24. The van der Waals surface area contributed by atoms with Gasteiger partial charge in [0.25, 0.3) is 5.91 Å². The summed E-state index contributed by atoms with van der Waals surface area (Å²) in [5, 5.41) is 2.91. The first kappa shape index (κ1) is 14.2. The average Bonchev–Trinajstić information content (AvgIpc) is 2.40. The fraction of sp³-hybridized carbons (Fsp3) is 0.143. The summed E-state index contributed by atoms with van der Waals surface area (Å²) < 4.78 is 1.79. The van der Waals surface area contributed by atoms with Gasteiger partial charge in [0.05, 0.1) is 5.56 Å². The molecule has 1 amide bonds. The van der Waals surface area contributed by atoms with Crippen LogP contribution in [0.2, 0.25) is 0 Å². The minimum absolute atomic E-state index is 0.161. The third-order valence-electron chi connectivity index (χ3n) is 2.66. The second kappa shape index (κ2) is 6.30. The molecule has 0 unspecified atom stereocenters. The fourth-order valence-electron chi connectivity index (χ4n) is 1.71. The molecule has 1 aromatic carbocycles. The lowest BCUT2D eigenvalue weighted by Gasteiger charge is -2.10. The first-order valence-corrected chi connectivity index (χ1v) is 7.39. The molecule has 0 aliphatic heterocycles. The molecule has 0 bridgehead atoms. The summed E-state index contributed by atoms with van der Waals surface area (Å²) in [6.07, 6.45) is 4.05. The smallest absolute Gasteiger partial charge is 0.257 e. The van der Waals surface area contributed by atoms with Crippen molar-refractivity contribution in [2.75, 3.05) is 5.32 Å². The van der Waals surface area contributed by atoms with Crippen molar-refractivity contribution in [2.45, 2.75) is 13.3 Å². The van der Waals surface area contributed by atoms with Crippen LogP contribution < -0.4 is 5.32 Å². The van der Waals surface area contributed by atoms with Crippen LogP contribution in [0.4, 0.5) is 5.69 Å². The number of aromatic nitrogens is 1. The fourth-order valence-corrected chi connectivity index (χ4v) is 2.48. The summed E-state index contributed by atoms with van der Waals surface area (Å²) in [6, 6.07) is 7.56. The maximum Gasteiger partial charge on any atom is 0.257 e. The van der Waals surface area contributed by atoms with Crippen molar-refractivity contribution in [1.29, 1.82) is 0 Å². The zero-order valence-corrected chi connectivity index (χ0v) is 13.5. The Morgan fingerprint density at radius 2 is 2.00 bits per heavy atom. The number of benzene rings is 1. The average molecular weight is 384 g/mol. The Labute approximate surface area is 128 Å². The van der Waals surface area contributed by atoms with Crippen molar-refractivity contribution in [1.82, 2.24) is 4.98 Å². The molecule has 0 saturated heterocycles. The molecular formula is C14H12Br2N2O. The van der Waals surface area contributed by atoms with Gasteiger partial charge in [-0.3, -0.25) is 9.78 Å². The highest BCUT2D eigenvalue weighted by molar-refractivity contribution is 9.10. The first-order chi connectivity index (χ1) is 9.10. The number of hydrogen-bond donors (Lipinski definition) is 1. The van der Waals surface area contributed by atoms with Crippen molar-refractivity contribution in [3.63, 3.8) is 0 Å². The summed E-state index contributed by atoms with van der Waals surface area (Å²) >= 11 is 6.73. The Bertz CT molecular complexity index is 614. The maximum absolute atomic E-state index is 12.1. The minimum Gasteiger partial charge on any atom is -0.322 e. The van der Waals surface area contributed by atoms with Crippen LogP contribution >= 0.6 is 31.9 Å². The topological polar surface area (TPSA) is 42.0 Å². The van der Waals surface area contributed by atoms with Gasteiger partial charge in [-0.15, -0.1) is 0 Å². The lowest BCUT2D eigenvalue weighted by molar-refractivity contribution is 0.102. The zero-order chi connectivity index (χ0) is 13.8. The Hall–Kier alpha value is -1.20. The van der Waals surface area contributed by atoms with E-state index in [9.17, 15) is 4.79 Å². The molecule has 19 heavy (non-hydrogen) atoms. The molecule has 2 aromatic rings. The Morgan fingerprint density at radius 3 is 2.68 bits per heavy atom. The van der Waals surface area contributed by atoms with Gasteiger partial charge < -0.3 is 5.32 Å². The molecule has 0 fully saturated rings. The second-order valence-electron chi connectivity index (χ2n) is 4.00. The van der Waals surface area contributed by atoms with Gasteiger partial charge in [0, 0.05) is 27.0 Å². The van der Waals surface area contributed by atoms with Crippen molar-refractivity contribution < 1.29 is 4.79 Å². The molecule has 0 aliphatic rings. The van der Waals surface area contributed by atoms with Gasteiger partial charge in [-0.1, -0.05) is 22.9 Å². The number of nitrogens with one attached hydrogen (secondary N) is 1. The number of amides is 1. The molecule has 2 rings (SSSR count). The zero-order valence-electron chi connectivity index (χ0n) is 10.3. The molecule has 0 radical (unpaired) electrons. The number of pyridine rings is 1. The van der Waals surface area contributed by atoms with Crippen LogP contribution in [0.25, 0.3) is 0 Å². The third-order valence-corrected chi connectivity index (χ3v) is 3.59. The van der Waals surface area contributed by atoms with E-state index in [0.717, 1.165) is 26.6 Å². The molecule has 3 nitrogen and oxygen atoms in total. The van der Waals surface area contributed by atoms with E-state index in [1.165, 1.54) is 0 Å². The van der Waals surface area contributed by atoms with Crippen molar-refractivity contribution in [3.8, 4) is 0 Å². The van der Waals surface area contributed by atoms with Crippen molar-refractivity contribution in [3.05, 3.63) is 56.7 Å². The number of carbonyl (C=O) groups is 1. The van der Waals surface area contributed by atoms with Crippen LogP contribution in [0.5, 0.6) is 0 Å². The second-order valence-corrected chi connectivity index (χ2v) is 5.83. The van der Waals surface area contributed by atoms with Gasteiger partial charge in [0.2, 0.25) is 0 Å². The van der Waals surface area contributed by atoms with Crippen LogP contribution in [-0.2, 0) is 6.42 Å². The van der Waals surface area contributed by atoms with Gasteiger partial charge in [-0.25, -0.2) is 0 Å². The van der Waals surface area contributed by atoms with Gasteiger partial charge >= 0.3 is 0 Å². The lowest BCUT2D eigenvalue weighted by atomic mass is 10.1. The van der Waals surface area contributed by atoms with E-state index in [1.54, 1.807) is 18.5 Å². The molecule has 1 N–H and O–H groups in total. The van der Waals surface area contributed by atoms with E-state index in [0.29, 0.717) is 5.56 Å². The first-order valence-electron chi connectivity index (χ1n) is 5.80. The summed E-state index contributed by atoms with van der Waals surface area (Å²) in [4.78, 5) is 16.1. The predicted octanol–water partition coefficient (Wildman–Crippen LogP) is 4.42. The Kier molecular flexibility index (Phi) is 4.71. The molecule has 0 saturated carbocycles. The van der Waals surface area contributed by atoms with Crippen LogP contribution in [0.15, 0.2) is 45.6 Å². The normalized spacial score (nSPS) is 10.3. The highest BCUT2D eigenvalue weighted by Gasteiger charge is 2.09. The van der Waals surface area contributed by atoms with Crippen molar-refractivity contribution >= 4 is 43.5 Å². The number of rotatable bonds is 3. The molecule has 0 atom stereocenters. The lowest BCUT2D eigenvalue weighted by Crippen LogP contribution is -2.13. The molecule has 98 valence electrons. The van der Waals surface area contributed by atoms with Crippen LogP contribution in [0, 0.1) is 0 Å². The van der Waals surface area contributed by atoms with E-state index in [2.05, 4.69) is 49.1 Å². The standard InChI is InChI=1S/C14H12Br2N2O/c1-2-9-5-11(15)3-4-13(9)18-14(19)10-6-12(16)8-17-7-10/h3-8H,2H2,1H3,(H,18,19). The largest absolute Gasteiger partial charge is 0.322 e. The number of carbonyl (C=O) groups excluding carboxylic acids is 1. The van der Waals surface area contributed by atoms with E-state index in [-0.39, 0.29) is 5.91 Å². The van der Waals surface area contributed by atoms with Crippen LogP contribution in [-0.4, -0.2) is 10.9 Å². The quantitative estimate of drug-likeness (QED) is 0.852. The highest BCUT2D eigenvalue weighted by Crippen LogP contribution is 2.22. The van der Waals surface area contributed by atoms with E-state index in [4.69, 9.17) is 0 Å². The molecular weight excluding hydrogens is 372 g/mol. The molecule has 5 heteroatoms. The summed E-state index contributed by atoms with van der Waals surface area (Å²) in [7, 11) is 0. The number of hydrogen-bond acceptors (Lipinski definition) is 2. The summed E-state index contributed by atoms with van der Waals surface area (Å²) in [6.45, 7) is 2.05. The van der Waals surface area contributed by atoms with Crippen LogP contribution in [0.1, 0.15) is 22.8 Å². The van der Waals surface area contributed by atoms with E-state index in [1.807, 2.05) is 18.2 Å². The van der Waals surface area contributed by atoms with Crippen molar-refractivity contribution in [2.24, 2.45) is 0 Å². The third kappa shape index (κ3) is 3.64. The van der Waals surface area contributed by atoms with Crippen LogP contribution in [0.3, 0.4) is 0 Å². The monoisotopic (exact) mass is 382 g/mol.